The maximum Gasteiger partial charge on any atom is 0.326 e. The lowest BCUT2D eigenvalue weighted by atomic mass is 9.95. The van der Waals surface area contributed by atoms with E-state index in [0.29, 0.717) is 22.9 Å². The van der Waals surface area contributed by atoms with Crippen LogP contribution < -0.4 is 20.7 Å². The Morgan fingerprint density at radius 1 is 0.815 bits per heavy atom. The average molecular weight is 758 g/mol. The van der Waals surface area contributed by atoms with Crippen molar-refractivity contribution >= 4 is 35.0 Å². The topological polar surface area (TPSA) is 180 Å². The number of unbranched alkanes of at least 4 members (excludes halogenated alkanes) is 4. The molecule has 13 heteroatoms. The molecule has 288 valence electrons. The van der Waals surface area contributed by atoms with E-state index in [4.69, 9.17) is 9.84 Å². The lowest BCUT2D eigenvalue weighted by Gasteiger charge is -2.21. The fourth-order valence-electron chi connectivity index (χ4n) is 5.52. The molecule has 2 atom stereocenters. The molecular formula is C41H51N5O7S. The van der Waals surface area contributed by atoms with E-state index in [1.165, 1.54) is 37.0 Å². The van der Waals surface area contributed by atoms with Crippen molar-refractivity contribution in [1.82, 2.24) is 25.9 Å². The van der Waals surface area contributed by atoms with Crippen molar-refractivity contribution in [3.8, 4) is 28.3 Å². The number of carboxylic acid groups (broad SMARTS) is 1. The number of hydrogen-bond acceptors (Lipinski definition) is 9. The zero-order valence-electron chi connectivity index (χ0n) is 31.4. The third-order valence-electron chi connectivity index (χ3n) is 8.64. The van der Waals surface area contributed by atoms with Gasteiger partial charge in [-0.15, -0.1) is 11.3 Å². The van der Waals surface area contributed by atoms with E-state index < -0.39 is 42.2 Å². The third kappa shape index (κ3) is 12.8. The monoisotopic (exact) mass is 757 g/mol. The summed E-state index contributed by atoms with van der Waals surface area (Å²) in [6.07, 6.45) is 8.94. The van der Waals surface area contributed by atoms with Crippen molar-refractivity contribution in [3.63, 3.8) is 0 Å². The molecule has 0 fully saturated rings. The van der Waals surface area contributed by atoms with Crippen LogP contribution in [0, 0.1) is 0 Å². The second-order valence-electron chi connectivity index (χ2n) is 14.1. The summed E-state index contributed by atoms with van der Waals surface area (Å²) in [5.74, 6) is -1.97. The fourth-order valence-corrected chi connectivity index (χ4v) is 6.48. The van der Waals surface area contributed by atoms with Crippen molar-refractivity contribution in [2.24, 2.45) is 0 Å². The number of hydrogen-bond donors (Lipinski definition) is 5. The van der Waals surface area contributed by atoms with Crippen LogP contribution >= 0.6 is 11.3 Å². The Labute approximate surface area is 320 Å². The standard InChI is InChI=1S/C41H51N5O7S/c1-5-6-7-8-9-22-53-31-16-14-28(15-17-31)30-25-43-37(44-26-30)29-12-10-27(11-13-29)23-32(45-39(50)34-18-19-35(54-34)41(2,3)4)38(49)46-33(40(51)52)24-36(48)42-20-21-47/h10-19,25-26,32-33,47H,5-9,20-24H2,1-4H3,(H,42,48)(H,45,50)(H,46,49)(H,51,52). The molecule has 3 amide bonds. The molecule has 4 aromatic rings. The molecule has 0 aliphatic heterocycles. The number of nitrogens with zero attached hydrogens (tertiary/aromatic N) is 2. The number of carbonyl (C=O) groups excluding carboxylic acids is 3. The minimum Gasteiger partial charge on any atom is -0.494 e. The number of carboxylic acids is 1. The maximum absolute atomic E-state index is 13.6. The summed E-state index contributed by atoms with van der Waals surface area (Å²) >= 11 is 1.32. The summed E-state index contributed by atoms with van der Waals surface area (Å²) in [6.45, 7) is 8.65. The second kappa shape index (κ2) is 20.4. The van der Waals surface area contributed by atoms with E-state index in [9.17, 15) is 24.3 Å². The first kappa shape index (κ1) is 41.6. The summed E-state index contributed by atoms with van der Waals surface area (Å²) in [5.41, 5.74) is 3.08. The molecule has 0 bridgehead atoms. The number of aromatic nitrogens is 2. The van der Waals surface area contributed by atoms with Gasteiger partial charge in [-0.3, -0.25) is 14.4 Å². The summed E-state index contributed by atoms with van der Waals surface area (Å²) < 4.78 is 5.88. The van der Waals surface area contributed by atoms with Gasteiger partial charge in [-0.25, -0.2) is 14.8 Å². The van der Waals surface area contributed by atoms with Gasteiger partial charge >= 0.3 is 5.97 Å². The normalized spacial score (nSPS) is 12.4. The van der Waals surface area contributed by atoms with Crippen LogP contribution in [0.15, 0.2) is 73.1 Å². The van der Waals surface area contributed by atoms with Gasteiger partial charge in [-0.2, -0.15) is 0 Å². The number of thiophene rings is 1. The Kier molecular flexibility index (Phi) is 15.7. The number of carbonyl (C=O) groups is 4. The number of nitrogens with one attached hydrogen (secondary N) is 3. The predicted octanol–water partition coefficient (Wildman–Crippen LogP) is 5.93. The van der Waals surface area contributed by atoms with Gasteiger partial charge in [0.2, 0.25) is 11.8 Å². The van der Waals surface area contributed by atoms with E-state index in [-0.39, 0.29) is 25.0 Å². The molecule has 2 unspecified atom stereocenters. The molecule has 54 heavy (non-hydrogen) atoms. The summed E-state index contributed by atoms with van der Waals surface area (Å²) in [5, 5.41) is 26.3. The molecular weight excluding hydrogens is 707 g/mol. The predicted molar refractivity (Wildman–Crippen MR) is 209 cm³/mol. The average Bonchev–Trinajstić information content (AvgIpc) is 3.67. The highest BCUT2D eigenvalue weighted by Crippen LogP contribution is 2.29. The summed E-state index contributed by atoms with van der Waals surface area (Å²) in [4.78, 5) is 61.6. The van der Waals surface area contributed by atoms with E-state index in [2.05, 4.69) is 32.8 Å². The Bertz CT molecular complexity index is 1820. The first-order valence-corrected chi connectivity index (χ1v) is 19.2. The summed E-state index contributed by atoms with van der Waals surface area (Å²) in [7, 11) is 0. The molecule has 12 nitrogen and oxygen atoms in total. The molecule has 2 aromatic carbocycles. The quantitative estimate of drug-likeness (QED) is 0.0684. The molecule has 4 rings (SSSR count). The van der Waals surface area contributed by atoms with Crippen LogP contribution in [0.25, 0.3) is 22.5 Å². The van der Waals surface area contributed by atoms with Crippen molar-refractivity contribution < 1.29 is 34.1 Å². The number of aliphatic hydroxyl groups excluding tert-OH is 1. The first-order valence-electron chi connectivity index (χ1n) is 18.3. The van der Waals surface area contributed by atoms with Crippen LogP contribution in [0.2, 0.25) is 0 Å². The molecule has 5 N–H and O–H groups in total. The van der Waals surface area contributed by atoms with Crippen LogP contribution in [-0.2, 0) is 26.2 Å². The molecule has 0 aliphatic rings. The van der Waals surface area contributed by atoms with Gasteiger partial charge in [0, 0.05) is 41.4 Å². The highest BCUT2D eigenvalue weighted by atomic mass is 32.1. The molecule has 0 saturated carbocycles. The van der Waals surface area contributed by atoms with Gasteiger partial charge in [-0.05, 0) is 47.2 Å². The minimum atomic E-state index is -1.55. The number of aliphatic carboxylic acids is 1. The smallest absolute Gasteiger partial charge is 0.326 e. The van der Waals surface area contributed by atoms with Crippen molar-refractivity contribution in [2.75, 3.05) is 19.8 Å². The van der Waals surface area contributed by atoms with Gasteiger partial charge < -0.3 is 30.9 Å². The highest BCUT2D eigenvalue weighted by molar-refractivity contribution is 7.14. The molecule has 0 spiro atoms. The van der Waals surface area contributed by atoms with Crippen molar-refractivity contribution in [2.45, 2.75) is 90.1 Å². The molecule has 0 aliphatic carbocycles. The van der Waals surface area contributed by atoms with E-state index >= 15 is 0 Å². The van der Waals surface area contributed by atoms with Gasteiger partial charge in [0.1, 0.15) is 17.8 Å². The van der Waals surface area contributed by atoms with Crippen LogP contribution in [0.4, 0.5) is 0 Å². The number of aliphatic hydroxyl groups is 1. The highest BCUT2D eigenvalue weighted by Gasteiger charge is 2.29. The molecule has 0 radical (unpaired) electrons. The Morgan fingerprint density at radius 3 is 2.09 bits per heavy atom. The second-order valence-corrected chi connectivity index (χ2v) is 15.2. The Morgan fingerprint density at radius 2 is 1.48 bits per heavy atom. The number of benzene rings is 2. The third-order valence-corrected chi connectivity index (χ3v) is 10.1. The molecule has 2 heterocycles. The Hall–Kier alpha value is -5.14. The molecule has 0 saturated heterocycles. The first-order chi connectivity index (χ1) is 25.9. The van der Waals surface area contributed by atoms with Gasteiger partial charge in [0.25, 0.3) is 5.91 Å². The van der Waals surface area contributed by atoms with Gasteiger partial charge in [0.05, 0.1) is 24.5 Å². The van der Waals surface area contributed by atoms with Gasteiger partial charge in [0.15, 0.2) is 5.82 Å². The van der Waals surface area contributed by atoms with E-state index in [1.807, 2.05) is 63.2 Å². The molecule has 2 aromatic heterocycles. The zero-order chi connectivity index (χ0) is 39.1. The fraction of sp³-hybridized carbons (Fsp3) is 0.415. The lowest BCUT2D eigenvalue weighted by molar-refractivity contribution is -0.143. The van der Waals surface area contributed by atoms with Crippen molar-refractivity contribution in [3.05, 3.63) is 88.4 Å². The van der Waals surface area contributed by atoms with Crippen molar-refractivity contribution in [1.29, 1.82) is 0 Å². The summed E-state index contributed by atoms with van der Waals surface area (Å²) in [6, 6.07) is 15.9. The largest absolute Gasteiger partial charge is 0.494 e. The minimum absolute atomic E-state index is 0.0385. The van der Waals surface area contributed by atoms with Crippen LogP contribution in [-0.4, -0.2) is 75.7 Å². The Balaban J connectivity index is 1.44. The SMILES string of the molecule is CCCCCCCOc1ccc(-c2cnc(-c3ccc(CC(NC(=O)c4ccc(C(C)(C)C)s4)C(=O)NC(CC(=O)NCCO)C(=O)O)cc3)nc2)cc1. The van der Waals surface area contributed by atoms with Crippen LogP contribution in [0.1, 0.15) is 86.3 Å². The number of rotatable bonds is 20. The number of amides is 3. The van der Waals surface area contributed by atoms with Gasteiger partial charge in [-0.1, -0.05) is 89.8 Å². The lowest BCUT2D eigenvalue weighted by Crippen LogP contribution is -2.53. The van der Waals surface area contributed by atoms with Crippen LogP contribution in [0.3, 0.4) is 0 Å². The van der Waals surface area contributed by atoms with Crippen LogP contribution in [0.5, 0.6) is 5.75 Å². The van der Waals surface area contributed by atoms with E-state index in [1.54, 1.807) is 30.6 Å². The van der Waals surface area contributed by atoms with E-state index in [0.717, 1.165) is 33.7 Å². The maximum atomic E-state index is 13.6. The number of ether oxygens (including phenoxy) is 1. The zero-order valence-corrected chi connectivity index (χ0v) is 32.2.